The Labute approximate surface area is 194 Å². The van der Waals surface area contributed by atoms with Gasteiger partial charge in [-0.15, -0.1) is 0 Å². The third-order valence-corrected chi connectivity index (χ3v) is 6.95. The van der Waals surface area contributed by atoms with E-state index < -0.39 is 29.9 Å². The molecule has 0 spiro atoms. The number of carbonyl (C=O) groups is 4. The second kappa shape index (κ2) is 10.4. The summed E-state index contributed by atoms with van der Waals surface area (Å²) in [6.45, 7) is 2.52. The van der Waals surface area contributed by atoms with Crippen molar-refractivity contribution in [1.29, 1.82) is 0 Å². The number of hydrogen-bond donors (Lipinski definition) is 2. The zero-order valence-corrected chi connectivity index (χ0v) is 19.1. The molecular formula is C25H33N3O5. The van der Waals surface area contributed by atoms with Crippen molar-refractivity contribution in [1.82, 2.24) is 15.5 Å². The van der Waals surface area contributed by atoms with Crippen LogP contribution in [0.25, 0.3) is 0 Å². The molecule has 0 bridgehead atoms. The third kappa shape index (κ3) is 5.54. The summed E-state index contributed by atoms with van der Waals surface area (Å²) in [5.74, 6) is -1.32. The summed E-state index contributed by atoms with van der Waals surface area (Å²) in [6.07, 6.45) is 5.13. The number of nitrogens with one attached hydrogen (secondary N) is 2. The molecule has 0 aromatic heterocycles. The molecule has 0 unspecified atom stereocenters. The molecule has 2 aliphatic carbocycles. The molecule has 1 aliphatic heterocycles. The summed E-state index contributed by atoms with van der Waals surface area (Å²) in [6, 6.07) is 7.92. The van der Waals surface area contributed by atoms with Gasteiger partial charge in [-0.1, -0.05) is 50.1 Å². The van der Waals surface area contributed by atoms with Crippen molar-refractivity contribution in [2.45, 2.75) is 76.6 Å². The quantitative estimate of drug-likeness (QED) is 0.557. The summed E-state index contributed by atoms with van der Waals surface area (Å²) in [5.41, 5.74) is 0.876. The number of ether oxygens (including phenoxy) is 1. The van der Waals surface area contributed by atoms with Crippen molar-refractivity contribution in [3.63, 3.8) is 0 Å². The highest BCUT2D eigenvalue weighted by molar-refractivity contribution is 6.38. The molecule has 1 aromatic rings. The van der Waals surface area contributed by atoms with Crippen LogP contribution in [0.1, 0.15) is 57.4 Å². The van der Waals surface area contributed by atoms with Gasteiger partial charge in [-0.3, -0.25) is 19.3 Å². The minimum Gasteiger partial charge on any atom is -0.445 e. The van der Waals surface area contributed by atoms with Crippen LogP contribution in [0.5, 0.6) is 0 Å². The third-order valence-electron chi connectivity index (χ3n) is 6.95. The Bertz CT molecular complexity index is 885. The number of rotatable bonds is 9. The van der Waals surface area contributed by atoms with Crippen LogP contribution in [0, 0.1) is 11.8 Å². The van der Waals surface area contributed by atoms with Crippen LogP contribution in [-0.4, -0.2) is 53.3 Å². The van der Waals surface area contributed by atoms with Gasteiger partial charge in [0.1, 0.15) is 12.6 Å². The van der Waals surface area contributed by atoms with Gasteiger partial charge in [0.2, 0.25) is 11.7 Å². The molecule has 1 saturated heterocycles. The van der Waals surface area contributed by atoms with Crippen LogP contribution in [-0.2, 0) is 25.7 Å². The molecule has 1 heterocycles. The van der Waals surface area contributed by atoms with E-state index in [0.29, 0.717) is 19.4 Å². The summed E-state index contributed by atoms with van der Waals surface area (Å²) >= 11 is 0. The number of ketones is 1. The highest BCUT2D eigenvalue weighted by Gasteiger charge is 2.50. The smallest absolute Gasteiger partial charge is 0.410 e. The van der Waals surface area contributed by atoms with Crippen molar-refractivity contribution in [3.05, 3.63) is 35.9 Å². The maximum atomic E-state index is 13.4. The molecule has 3 amide bonds. The first-order valence-electron chi connectivity index (χ1n) is 12.1. The summed E-state index contributed by atoms with van der Waals surface area (Å²) < 4.78 is 5.52. The Morgan fingerprint density at radius 2 is 1.85 bits per heavy atom. The summed E-state index contributed by atoms with van der Waals surface area (Å²) in [4.78, 5) is 52.8. The summed E-state index contributed by atoms with van der Waals surface area (Å²) in [7, 11) is 0. The Morgan fingerprint density at radius 1 is 1.09 bits per heavy atom. The molecule has 178 valence electrons. The minimum absolute atomic E-state index is 0.0481. The average Bonchev–Trinajstić information content (AvgIpc) is 3.38. The number of amides is 3. The molecule has 2 N–H and O–H groups in total. The van der Waals surface area contributed by atoms with Crippen molar-refractivity contribution in [3.8, 4) is 0 Å². The topological polar surface area (TPSA) is 105 Å². The maximum absolute atomic E-state index is 13.4. The fourth-order valence-corrected chi connectivity index (χ4v) is 5.09. The van der Waals surface area contributed by atoms with Crippen LogP contribution in [0.2, 0.25) is 0 Å². The Kier molecular flexibility index (Phi) is 7.30. The lowest BCUT2D eigenvalue weighted by atomic mass is 9.93. The normalized spacial score (nSPS) is 24.6. The van der Waals surface area contributed by atoms with Crippen molar-refractivity contribution >= 4 is 23.7 Å². The number of benzene rings is 1. The van der Waals surface area contributed by atoms with Crippen LogP contribution >= 0.6 is 0 Å². The fraction of sp³-hybridized carbons (Fsp3) is 0.600. The van der Waals surface area contributed by atoms with E-state index in [4.69, 9.17) is 4.74 Å². The van der Waals surface area contributed by atoms with Crippen LogP contribution in [0.4, 0.5) is 4.79 Å². The lowest BCUT2D eigenvalue weighted by Gasteiger charge is -2.28. The molecule has 0 radical (unpaired) electrons. The SMILES string of the molecule is CCC[C@H](NC(=O)[C@@H]1[C@H]2CCC[C@H]2CN1C(=O)OCc1ccccc1)C(=O)C(=O)NC1CC1. The molecule has 33 heavy (non-hydrogen) atoms. The largest absolute Gasteiger partial charge is 0.445 e. The molecule has 8 heteroatoms. The van der Waals surface area contributed by atoms with Gasteiger partial charge in [0, 0.05) is 12.6 Å². The van der Waals surface area contributed by atoms with E-state index in [9.17, 15) is 19.2 Å². The molecular weight excluding hydrogens is 422 g/mol. The van der Waals surface area contributed by atoms with Gasteiger partial charge in [-0.2, -0.15) is 0 Å². The number of likely N-dealkylation sites (tertiary alicyclic amines) is 1. The molecule has 1 aromatic carbocycles. The van der Waals surface area contributed by atoms with Crippen LogP contribution < -0.4 is 10.6 Å². The number of Topliss-reactive ketones (excluding diaryl/α,β-unsaturated/α-hetero) is 1. The minimum atomic E-state index is -0.885. The van der Waals surface area contributed by atoms with Gasteiger partial charge in [-0.05, 0) is 49.5 Å². The molecule has 2 saturated carbocycles. The average molecular weight is 456 g/mol. The maximum Gasteiger partial charge on any atom is 0.410 e. The standard InChI is InChI=1S/C25H33N3O5/c1-2-7-20(22(29)24(31)26-18-12-13-18)27-23(30)21-19-11-6-10-17(19)14-28(21)25(32)33-15-16-8-4-3-5-9-16/h3-5,8-9,17-21H,2,6-7,10-15H2,1H3,(H,26,31)(H,27,30)/t17-,19-,20-,21-/m0/s1. The zero-order chi connectivity index (χ0) is 23.4. The van der Waals surface area contributed by atoms with Crippen molar-refractivity contribution < 1.29 is 23.9 Å². The van der Waals surface area contributed by atoms with Gasteiger partial charge in [-0.25, -0.2) is 4.79 Å². The highest BCUT2D eigenvalue weighted by atomic mass is 16.6. The van der Waals surface area contributed by atoms with E-state index in [1.165, 1.54) is 4.90 Å². The van der Waals surface area contributed by atoms with Crippen LogP contribution in [0.15, 0.2) is 30.3 Å². The van der Waals surface area contributed by atoms with Gasteiger partial charge >= 0.3 is 6.09 Å². The van der Waals surface area contributed by atoms with Gasteiger partial charge < -0.3 is 15.4 Å². The zero-order valence-electron chi connectivity index (χ0n) is 19.1. The lowest BCUT2D eigenvalue weighted by molar-refractivity contribution is -0.140. The number of carbonyl (C=O) groups excluding carboxylic acids is 4. The van der Waals surface area contributed by atoms with Gasteiger partial charge in [0.05, 0.1) is 6.04 Å². The predicted molar refractivity (Wildman–Crippen MR) is 121 cm³/mol. The molecule has 4 rings (SSSR count). The van der Waals surface area contributed by atoms with E-state index in [-0.39, 0.29) is 30.4 Å². The predicted octanol–water partition coefficient (Wildman–Crippen LogP) is 2.56. The molecule has 3 aliphatic rings. The highest BCUT2D eigenvalue weighted by Crippen LogP contribution is 2.42. The first kappa shape index (κ1) is 23.3. The fourth-order valence-electron chi connectivity index (χ4n) is 5.09. The van der Waals surface area contributed by atoms with E-state index in [1.807, 2.05) is 37.3 Å². The number of hydrogen-bond acceptors (Lipinski definition) is 5. The molecule has 3 fully saturated rings. The lowest BCUT2D eigenvalue weighted by Crippen LogP contribution is -2.54. The van der Waals surface area contributed by atoms with Gasteiger partial charge in [0.15, 0.2) is 0 Å². The second-order valence-electron chi connectivity index (χ2n) is 9.45. The van der Waals surface area contributed by atoms with E-state index in [2.05, 4.69) is 10.6 Å². The Hall–Kier alpha value is -2.90. The first-order chi connectivity index (χ1) is 16.0. The molecule has 4 atom stereocenters. The first-order valence-corrected chi connectivity index (χ1v) is 12.1. The summed E-state index contributed by atoms with van der Waals surface area (Å²) in [5, 5.41) is 5.51. The van der Waals surface area contributed by atoms with E-state index in [0.717, 1.165) is 37.7 Å². The van der Waals surface area contributed by atoms with Gasteiger partial charge in [0.25, 0.3) is 5.91 Å². The monoisotopic (exact) mass is 455 g/mol. The Balaban J connectivity index is 1.43. The Morgan fingerprint density at radius 3 is 2.55 bits per heavy atom. The molecule has 8 nitrogen and oxygen atoms in total. The second-order valence-corrected chi connectivity index (χ2v) is 9.45. The number of fused-ring (bicyclic) bond motifs is 1. The van der Waals surface area contributed by atoms with Crippen LogP contribution in [0.3, 0.4) is 0 Å². The van der Waals surface area contributed by atoms with E-state index >= 15 is 0 Å². The van der Waals surface area contributed by atoms with Crippen molar-refractivity contribution in [2.75, 3.05) is 6.54 Å². The van der Waals surface area contributed by atoms with Crippen molar-refractivity contribution in [2.24, 2.45) is 11.8 Å². The van der Waals surface area contributed by atoms with E-state index in [1.54, 1.807) is 0 Å². The number of nitrogens with zero attached hydrogens (tertiary/aromatic N) is 1.